The smallest absolute Gasteiger partial charge is 0.314 e. The van der Waals surface area contributed by atoms with Crippen LogP contribution < -0.4 is 4.74 Å². The van der Waals surface area contributed by atoms with Gasteiger partial charge in [-0.3, -0.25) is 9.59 Å². The van der Waals surface area contributed by atoms with Crippen molar-refractivity contribution in [3.8, 4) is 5.75 Å². The first-order valence-corrected chi connectivity index (χ1v) is 5.06. The summed E-state index contributed by atoms with van der Waals surface area (Å²) in [6.07, 6.45) is 0.205. The number of carboxylic acids is 1. The summed E-state index contributed by atoms with van der Waals surface area (Å²) in [5.74, 6) is -2.01. The fourth-order valence-electron chi connectivity index (χ4n) is 1.85. The Morgan fingerprint density at radius 3 is 2.81 bits per heavy atom. The lowest BCUT2D eigenvalue weighted by Gasteiger charge is -2.04. The number of benzene rings is 1. The van der Waals surface area contributed by atoms with Gasteiger partial charge in [0.25, 0.3) is 0 Å². The average Bonchev–Trinajstić information content (AvgIpc) is 2.55. The molecule has 0 fully saturated rings. The number of fused-ring (bicyclic) bond motifs is 1. The van der Waals surface area contributed by atoms with E-state index in [2.05, 4.69) is 0 Å². The normalized spacial score (nSPS) is 18.4. The number of carbonyl (C=O) groups is 2. The van der Waals surface area contributed by atoms with Gasteiger partial charge in [-0.2, -0.15) is 0 Å². The minimum absolute atomic E-state index is 0.205. The number of hydrogen-bond acceptors (Lipinski definition) is 3. The highest BCUT2D eigenvalue weighted by molar-refractivity contribution is 6.32. The lowest BCUT2D eigenvalue weighted by atomic mass is 10.1. The quantitative estimate of drug-likeness (QED) is 0.801. The Labute approximate surface area is 96.8 Å². The molecule has 4 nitrogen and oxygen atoms in total. The number of ether oxygens (including phenoxy) is 1. The predicted octanol–water partition coefficient (Wildman–Crippen LogP) is 1.79. The molecule has 0 amide bonds. The summed E-state index contributed by atoms with van der Waals surface area (Å²) in [5, 5.41) is 9.19. The maximum absolute atomic E-state index is 11.7. The van der Waals surface area contributed by atoms with Crippen molar-refractivity contribution in [2.75, 3.05) is 7.11 Å². The molecule has 16 heavy (non-hydrogen) atoms. The van der Waals surface area contributed by atoms with E-state index in [-0.39, 0.29) is 12.2 Å². The molecule has 0 aliphatic heterocycles. The van der Waals surface area contributed by atoms with Crippen LogP contribution in [0.2, 0.25) is 5.02 Å². The third kappa shape index (κ3) is 1.55. The van der Waals surface area contributed by atoms with Crippen LogP contribution in [0.5, 0.6) is 5.75 Å². The molecule has 0 radical (unpaired) electrons. The molecule has 0 heterocycles. The van der Waals surface area contributed by atoms with E-state index in [1.807, 2.05) is 0 Å². The number of hydrogen-bond donors (Lipinski definition) is 1. The summed E-state index contributed by atoms with van der Waals surface area (Å²) in [5.41, 5.74) is 1.07. The van der Waals surface area contributed by atoms with Gasteiger partial charge < -0.3 is 9.84 Å². The van der Waals surface area contributed by atoms with Crippen molar-refractivity contribution in [1.29, 1.82) is 0 Å². The van der Waals surface area contributed by atoms with E-state index >= 15 is 0 Å². The zero-order valence-corrected chi connectivity index (χ0v) is 9.25. The van der Waals surface area contributed by atoms with Crippen LogP contribution in [0.15, 0.2) is 12.1 Å². The van der Waals surface area contributed by atoms with Crippen LogP contribution in [-0.4, -0.2) is 24.0 Å². The molecule has 2 rings (SSSR count). The maximum atomic E-state index is 11.7. The fourth-order valence-corrected chi connectivity index (χ4v) is 2.09. The molecule has 1 unspecified atom stereocenters. The van der Waals surface area contributed by atoms with Gasteiger partial charge in [0.15, 0.2) is 5.78 Å². The third-order valence-electron chi connectivity index (χ3n) is 2.68. The van der Waals surface area contributed by atoms with Gasteiger partial charge >= 0.3 is 5.97 Å². The van der Waals surface area contributed by atoms with Crippen LogP contribution in [0.1, 0.15) is 15.9 Å². The summed E-state index contributed by atoms with van der Waals surface area (Å²) in [6, 6.07) is 3.10. The fraction of sp³-hybridized carbons (Fsp3) is 0.273. The van der Waals surface area contributed by atoms with Crippen LogP contribution in [0.4, 0.5) is 0 Å². The van der Waals surface area contributed by atoms with Crippen molar-refractivity contribution >= 4 is 23.4 Å². The number of Topliss-reactive ketones (excluding diaryl/α,β-unsaturated/α-hetero) is 1. The highest BCUT2D eigenvalue weighted by Crippen LogP contribution is 2.35. The lowest BCUT2D eigenvalue weighted by Crippen LogP contribution is -2.19. The first-order chi connectivity index (χ1) is 7.54. The van der Waals surface area contributed by atoms with Gasteiger partial charge in [0.1, 0.15) is 11.7 Å². The first kappa shape index (κ1) is 11.0. The van der Waals surface area contributed by atoms with E-state index in [0.717, 1.165) is 0 Å². The van der Waals surface area contributed by atoms with Crippen molar-refractivity contribution in [2.24, 2.45) is 5.92 Å². The Morgan fingerprint density at radius 1 is 1.56 bits per heavy atom. The number of ketones is 1. The Kier molecular flexibility index (Phi) is 2.59. The standard InChI is InChI=1S/C11H9ClO4/c1-16-9-3-5-2-7(11(14)15)10(13)6(5)4-8(9)12/h3-4,7H,2H2,1H3,(H,14,15). The van der Waals surface area contributed by atoms with E-state index in [9.17, 15) is 9.59 Å². The number of carbonyl (C=O) groups excluding carboxylic acids is 1. The van der Waals surface area contributed by atoms with Crippen molar-refractivity contribution in [3.05, 3.63) is 28.3 Å². The Balaban J connectivity index is 2.48. The van der Waals surface area contributed by atoms with Crippen molar-refractivity contribution < 1.29 is 19.4 Å². The number of rotatable bonds is 2. The number of aliphatic carboxylic acids is 1. The minimum Gasteiger partial charge on any atom is -0.495 e. The van der Waals surface area contributed by atoms with Crippen LogP contribution in [0.25, 0.3) is 0 Å². The van der Waals surface area contributed by atoms with Crippen molar-refractivity contribution in [2.45, 2.75) is 6.42 Å². The van der Waals surface area contributed by atoms with Crippen LogP contribution >= 0.6 is 11.6 Å². The van der Waals surface area contributed by atoms with E-state index in [1.165, 1.54) is 13.2 Å². The van der Waals surface area contributed by atoms with Gasteiger partial charge in [0, 0.05) is 5.56 Å². The maximum Gasteiger partial charge on any atom is 0.314 e. The summed E-state index contributed by atoms with van der Waals surface area (Å²) in [7, 11) is 1.47. The largest absolute Gasteiger partial charge is 0.495 e. The van der Waals surface area contributed by atoms with Crippen LogP contribution in [0, 0.1) is 5.92 Å². The second kappa shape index (κ2) is 3.79. The molecular weight excluding hydrogens is 232 g/mol. The molecule has 1 atom stereocenters. The molecule has 1 aliphatic rings. The van der Waals surface area contributed by atoms with Gasteiger partial charge in [-0.05, 0) is 24.1 Å². The van der Waals surface area contributed by atoms with Gasteiger partial charge in [0.05, 0.1) is 12.1 Å². The monoisotopic (exact) mass is 240 g/mol. The SMILES string of the molecule is COc1cc2c(cc1Cl)C(=O)C(C(=O)O)C2. The van der Waals surface area contributed by atoms with E-state index < -0.39 is 11.9 Å². The molecular formula is C11H9ClO4. The van der Waals surface area contributed by atoms with Crippen molar-refractivity contribution in [1.82, 2.24) is 0 Å². The molecule has 5 heteroatoms. The molecule has 0 aromatic heterocycles. The zero-order valence-electron chi connectivity index (χ0n) is 8.49. The molecule has 0 saturated heterocycles. The predicted molar refractivity (Wildman–Crippen MR) is 57.2 cm³/mol. The molecule has 1 aromatic carbocycles. The number of methoxy groups -OCH3 is 1. The summed E-state index contributed by atoms with van der Waals surface area (Å²) < 4.78 is 5.01. The third-order valence-corrected chi connectivity index (χ3v) is 2.98. The summed E-state index contributed by atoms with van der Waals surface area (Å²) in [6.45, 7) is 0. The molecule has 0 bridgehead atoms. The van der Waals surface area contributed by atoms with E-state index in [4.69, 9.17) is 21.4 Å². The zero-order chi connectivity index (χ0) is 11.9. The summed E-state index contributed by atoms with van der Waals surface area (Å²) >= 11 is 5.88. The first-order valence-electron chi connectivity index (χ1n) is 4.68. The molecule has 1 aliphatic carbocycles. The van der Waals surface area contributed by atoms with Gasteiger partial charge in [0.2, 0.25) is 0 Å². The van der Waals surface area contributed by atoms with E-state index in [1.54, 1.807) is 6.07 Å². The highest BCUT2D eigenvalue weighted by Gasteiger charge is 2.36. The lowest BCUT2D eigenvalue weighted by molar-refractivity contribution is -0.139. The average molecular weight is 241 g/mol. The molecule has 1 aromatic rings. The van der Waals surface area contributed by atoms with E-state index in [0.29, 0.717) is 21.9 Å². The highest BCUT2D eigenvalue weighted by atomic mass is 35.5. The minimum atomic E-state index is -1.10. The molecule has 1 N–H and O–H groups in total. The summed E-state index contributed by atoms with van der Waals surface area (Å²) in [4.78, 5) is 22.5. The van der Waals surface area contributed by atoms with Gasteiger partial charge in [-0.1, -0.05) is 11.6 Å². The molecule has 0 saturated carbocycles. The topological polar surface area (TPSA) is 63.6 Å². The van der Waals surface area contributed by atoms with Crippen LogP contribution in [0.3, 0.4) is 0 Å². The van der Waals surface area contributed by atoms with Gasteiger partial charge in [-0.25, -0.2) is 0 Å². The molecule has 0 spiro atoms. The Hall–Kier alpha value is -1.55. The molecule has 84 valence electrons. The Morgan fingerprint density at radius 2 is 2.25 bits per heavy atom. The second-order valence-corrected chi connectivity index (χ2v) is 4.01. The van der Waals surface area contributed by atoms with Gasteiger partial charge in [-0.15, -0.1) is 0 Å². The number of carboxylic acid groups (broad SMARTS) is 1. The van der Waals surface area contributed by atoms with Crippen molar-refractivity contribution in [3.63, 3.8) is 0 Å². The van der Waals surface area contributed by atoms with Crippen LogP contribution in [-0.2, 0) is 11.2 Å². The second-order valence-electron chi connectivity index (χ2n) is 3.60. The Bertz CT molecular complexity index is 481. The number of halogens is 1.